The second kappa shape index (κ2) is 12.8. The molecule has 0 saturated heterocycles. The molecule has 0 unspecified atom stereocenters. The lowest BCUT2D eigenvalue weighted by atomic mass is 10.1. The lowest BCUT2D eigenvalue weighted by Gasteiger charge is -2.04. The molecule has 0 saturated carbocycles. The summed E-state index contributed by atoms with van der Waals surface area (Å²) in [6.45, 7) is 1.55. The second-order valence-corrected chi connectivity index (χ2v) is 9.48. The zero-order valence-electron chi connectivity index (χ0n) is 21.8. The maximum absolute atomic E-state index is 6.15. The number of hydrogen-bond donors (Lipinski definition) is 2. The molecule has 4 N–H and O–H groups in total. The molecule has 2 aromatic heterocycles. The van der Waals surface area contributed by atoms with E-state index < -0.39 is 0 Å². The van der Waals surface area contributed by atoms with Crippen LogP contribution in [0.5, 0.6) is 0 Å². The molecule has 0 spiro atoms. The van der Waals surface area contributed by atoms with E-state index in [2.05, 4.69) is 93.8 Å². The van der Waals surface area contributed by atoms with Crippen molar-refractivity contribution >= 4 is 33.2 Å². The first kappa shape index (κ1) is 28.8. The highest BCUT2D eigenvalue weighted by Crippen LogP contribution is 2.18. The molecule has 0 aliphatic rings. The number of para-hydroxylation sites is 2. The van der Waals surface area contributed by atoms with Gasteiger partial charge in [-0.1, -0.05) is 60.4 Å². The number of benzene rings is 4. The third-order valence-corrected chi connectivity index (χ3v) is 6.88. The van der Waals surface area contributed by atoms with Crippen molar-refractivity contribution in [3.8, 4) is 11.8 Å². The maximum atomic E-state index is 6.15. The van der Waals surface area contributed by atoms with E-state index in [-0.39, 0.29) is 34.0 Å². The molecule has 198 valence electrons. The van der Waals surface area contributed by atoms with Gasteiger partial charge in [0, 0.05) is 46.5 Å². The summed E-state index contributed by atoms with van der Waals surface area (Å²) >= 11 is 0. The third kappa shape index (κ3) is 6.17. The molecule has 4 nitrogen and oxygen atoms in total. The predicted molar refractivity (Wildman–Crippen MR) is 154 cm³/mol. The van der Waals surface area contributed by atoms with E-state index in [1.54, 1.807) is 0 Å². The van der Waals surface area contributed by atoms with Crippen LogP contribution in [0.2, 0.25) is 0 Å². The normalized spacial score (nSPS) is 10.3. The molecule has 6 aromatic rings. The summed E-state index contributed by atoms with van der Waals surface area (Å²) in [5.41, 5.74) is 20.6. The first-order chi connectivity index (χ1) is 18.6. The number of anilines is 2. The fourth-order valence-corrected chi connectivity index (χ4v) is 4.82. The van der Waals surface area contributed by atoms with Gasteiger partial charge in [-0.05, 0) is 36.4 Å². The topological polar surface area (TPSA) is 59.8 Å². The summed E-state index contributed by atoms with van der Waals surface area (Å²) in [6.07, 6.45) is 4.09. The summed E-state index contributed by atoms with van der Waals surface area (Å²) < 4.78 is 4.44. The monoisotopic (exact) mass is 650 g/mol. The third-order valence-electron chi connectivity index (χ3n) is 6.88. The summed E-state index contributed by atoms with van der Waals surface area (Å²) in [5.74, 6) is 6.59. The number of nitrogen functional groups attached to an aromatic ring is 2. The average molecular weight is 652 g/mol. The van der Waals surface area contributed by atoms with Gasteiger partial charge in [0.1, 0.15) is 0 Å². The van der Waals surface area contributed by atoms with Crippen molar-refractivity contribution in [2.75, 3.05) is 11.5 Å². The Kier molecular flexibility index (Phi) is 9.21. The Bertz CT molecular complexity index is 1700. The smallest absolute Gasteiger partial charge is 0.214 e. The summed E-state index contributed by atoms with van der Waals surface area (Å²) in [7, 11) is 0. The number of pyridine rings is 2. The highest BCUT2D eigenvalue weighted by atomic mass is 79.9. The zero-order valence-corrected chi connectivity index (χ0v) is 24.9. The van der Waals surface area contributed by atoms with E-state index in [0.29, 0.717) is 0 Å². The maximum Gasteiger partial charge on any atom is 0.214 e. The Morgan fingerprint density at radius 2 is 0.850 bits per heavy atom. The number of halogens is 2. The van der Waals surface area contributed by atoms with Gasteiger partial charge < -0.3 is 45.4 Å². The standard InChI is InChI=1S/C34H26N4.2BrH/c35-31-19-21-37(33-7-3-1-5-29(31)33)23-27-15-11-25(12-16-27)9-10-26-13-17-28(18-14-26)24-38-22-20-32(36)30-6-2-4-8-34(30)38;;/h1-8,11-22,35-36H,23-24H2;2*1H. The quantitative estimate of drug-likeness (QED) is 0.195. The molecular weight excluding hydrogens is 624 g/mol. The molecule has 0 aliphatic carbocycles. The van der Waals surface area contributed by atoms with Gasteiger partial charge in [-0.2, -0.15) is 9.13 Å². The van der Waals surface area contributed by atoms with Gasteiger partial charge in [0.15, 0.2) is 25.5 Å². The van der Waals surface area contributed by atoms with Crippen LogP contribution in [0.3, 0.4) is 0 Å². The number of hydrogen-bond acceptors (Lipinski definition) is 2. The van der Waals surface area contributed by atoms with E-state index in [0.717, 1.165) is 57.4 Å². The molecule has 2 heterocycles. The zero-order chi connectivity index (χ0) is 25.9. The van der Waals surface area contributed by atoms with E-state index in [1.165, 1.54) is 11.1 Å². The molecule has 0 fully saturated rings. The fourth-order valence-electron chi connectivity index (χ4n) is 4.82. The SMILES string of the molecule is Nc1cc[n+](Cc2ccc(C#Cc3ccc(C[n+]4ccc(N)c5ccccc54)cc3)cc2)c2ccccc12.[Br-].[Br-]. The number of fused-ring (bicyclic) bond motifs is 2. The van der Waals surface area contributed by atoms with E-state index >= 15 is 0 Å². The molecule has 0 bridgehead atoms. The van der Waals surface area contributed by atoms with Crippen molar-refractivity contribution in [1.29, 1.82) is 0 Å². The van der Waals surface area contributed by atoms with Crippen LogP contribution in [-0.4, -0.2) is 0 Å². The molecule has 4 aromatic carbocycles. The molecular formula is C34H28Br2N4. The second-order valence-electron chi connectivity index (χ2n) is 9.48. The average Bonchev–Trinajstić information content (AvgIpc) is 2.97. The number of nitrogens with two attached hydrogens (primary N) is 2. The molecule has 0 amide bonds. The fraction of sp³-hybridized carbons (Fsp3) is 0.0588. The number of rotatable bonds is 4. The molecule has 40 heavy (non-hydrogen) atoms. The summed E-state index contributed by atoms with van der Waals surface area (Å²) in [6, 6.07) is 37.3. The van der Waals surface area contributed by atoms with Crippen LogP contribution in [0.15, 0.2) is 122 Å². The van der Waals surface area contributed by atoms with Crippen molar-refractivity contribution in [2.45, 2.75) is 13.1 Å². The van der Waals surface area contributed by atoms with Gasteiger partial charge in [0.25, 0.3) is 0 Å². The van der Waals surface area contributed by atoms with Crippen LogP contribution in [-0.2, 0) is 13.1 Å². The van der Waals surface area contributed by atoms with Crippen LogP contribution in [0.1, 0.15) is 22.3 Å². The van der Waals surface area contributed by atoms with Crippen LogP contribution < -0.4 is 54.6 Å². The lowest BCUT2D eigenvalue weighted by molar-refractivity contribution is -0.662. The molecule has 0 atom stereocenters. The number of nitrogens with zero attached hydrogens (tertiary/aromatic N) is 2. The van der Waals surface area contributed by atoms with Crippen molar-refractivity contribution < 1.29 is 43.1 Å². The van der Waals surface area contributed by atoms with E-state index in [1.807, 2.05) is 48.8 Å². The number of aromatic nitrogens is 2. The van der Waals surface area contributed by atoms with Gasteiger partial charge in [-0.15, -0.1) is 0 Å². The van der Waals surface area contributed by atoms with Gasteiger partial charge in [-0.3, -0.25) is 0 Å². The van der Waals surface area contributed by atoms with Crippen molar-refractivity contribution in [3.05, 3.63) is 144 Å². The van der Waals surface area contributed by atoms with Crippen LogP contribution >= 0.6 is 0 Å². The van der Waals surface area contributed by atoms with Gasteiger partial charge in [0.2, 0.25) is 11.0 Å². The Hall–Kier alpha value is -4.18. The van der Waals surface area contributed by atoms with Crippen molar-refractivity contribution in [2.24, 2.45) is 0 Å². The van der Waals surface area contributed by atoms with Gasteiger partial charge in [-0.25, -0.2) is 0 Å². The summed E-state index contributed by atoms with van der Waals surface area (Å²) in [5, 5.41) is 2.15. The Morgan fingerprint density at radius 1 is 0.475 bits per heavy atom. The van der Waals surface area contributed by atoms with Crippen LogP contribution in [0.25, 0.3) is 21.8 Å². The summed E-state index contributed by atoms with van der Waals surface area (Å²) in [4.78, 5) is 0. The van der Waals surface area contributed by atoms with E-state index in [9.17, 15) is 0 Å². The highest BCUT2D eigenvalue weighted by molar-refractivity contribution is 5.88. The molecule has 6 rings (SSSR count). The Labute approximate surface area is 255 Å². The predicted octanol–water partition coefficient (Wildman–Crippen LogP) is -0.763. The van der Waals surface area contributed by atoms with E-state index in [4.69, 9.17) is 11.5 Å². The van der Waals surface area contributed by atoms with Crippen LogP contribution in [0.4, 0.5) is 11.4 Å². The minimum absolute atomic E-state index is 0. The minimum atomic E-state index is 0. The van der Waals surface area contributed by atoms with Crippen molar-refractivity contribution in [3.63, 3.8) is 0 Å². The highest BCUT2D eigenvalue weighted by Gasteiger charge is 2.12. The lowest BCUT2D eigenvalue weighted by Crippen LogP contribution is -3.00. The van der Waals surface area contributed by atoms with Crippen LogP contribution in [0, 0.1) is 11.8 Å². The molecule has 0 aliphatic heterocycles. The first-order valence-corrected chi connectivity index (χ1v) is 12.7. The molecule has 6 heteroatoms. The Morgan fingerprint density at radius 3 is 1.25 bits per heavy atom. The van der Waals surface area contributed by atoms with Gasteiger partial charge >= 0.3 is 0 Å². The Balaban J connectivity index is 0.00000185. The largest absolute Gasteiger partial charge is 1.00 e. The first-order valence-electron chi connectivity index (χ1n) is 12.7. The van der Waals surface area contributed by atoms with Crippen molar-refractivity contribution in [1.82, 2.24) is 0 Å². The minimum Gasteiger partial charge on any atom is -1.00 e. The molecule has 0 radical (unpaired) electrons. The van der Waals surface area contributed by atoms with Gasteiger partial charge in [0.05, 0.1) is 22.1 Å².